The van der Waals surface area contributed by atoms with Crippen molar-refractivity contribution in [2.45, 2.75) is 31.6 Å². The number of hydrogen-bond donors (Lipinski definition) is 1. The second-order valence-electron chi connectivity index (χ2n) is 6.74. The molecule has 1 aliphatic carbocycles. The van der Waals surface area contributed by atoms with Crippen LogP contribution in [0.3, 0.4) is 0 Å². The number of carbonyl (C=O) groups excluding carboxylic acids is 1. The molecule has 1 aliphatic heterocycles. The summed E-state index contributed by atoms with van der Waals surface area (Å²) in [4.78, 5) is 12.7. The lowest BCUT2D eigenvalue weighted by Gasteiger charge is -2.22. The lowest BCUT2D eigenvalue weighted by atomic mass is 10.0. The smallest absolute Gasteiger partial charge is 0.270 e. The Morgan fingerprint density at radius 1 is 1.17 bits per heavy atom. The van der Waals surface area contributed by atoms with Gasteiger partial charge in [0.2, 0.25) is 0 Å². The van der Waals surface area contributed by atoms with Gasteiger partial charge in [0.25, 0.3) is 5.91 Å². The lowest BCUT2D eigenvalue weighted by Crippen LogP contribution is -2.33. The highest BCUT2D eigenvalue weighted by Crippen LogP contribution is 2.39. The van der Waals surface area contributed by atoms with Crippen LogP contribution in [0.5, 0.6) is 0 Å². The van der Waals surface area contributed by atoms with E-state index < -0.39 is 0 Å². The molecule has 0 bridgehead atoms. The highest BCUT2D eigenvalue weighted by atomic mass is 16.5. The molecular formula is C19H23N3O2. The van der Waals surface area contributed by atoms with Crippen LogP contribution in [0.2, 0.25) is 0 Å². The SMILES string of the molecule is O=C(NCC1CCOCC1)c1cc(C2CC2)nn1-c1ccccc1. The first kappa shape index (κ1) is 15.4. The van der Waals surface area contributed by atoms with Gasteiger partial charge in [-0.05, 0) is 49.8 Å². The average Bonchev–Trinajstić information content (AvgIpc) is 3.40. The first-order valence-corrected chi connectivity index (χ1v) is 8.82. The number of para-hydroxylation sites is 1. The van der Waals surface area contributed by atoms with Crippen LogP contribution < -0.4 is 5.32 Å². The summed E-state index contributed by atoms with van der Waals surface area (Å²) >= 11 is 0. The summed E-state index contributed by atoms with van der Waals surface area (Å²) in [5.74, 6) is 1.00. The zero-order chi connectivity index (χ0) is 16.4. The molecule has 2 aromatic rings. The minimum Gasteiger partial charge on any atom is -0.381 e. The third kappa shape index (κ3) is 3.36. The largest absolute Gasteiger partial charge is 0.381 e. The van der Waals surface area contributed by atoms with Gasteiger partial charge in [0.1, 0.15) is 5.69 Å². The van der Waals surface area contributed by atoms with Gasteiger partial charge in [-0.25, -0.2) is 4.68 Å². The van der Waals surface area contributed by atoms with Crippen molar-refractivity contribution in [1.29, 1.82) is 0 Å². The van der Waals surface area contributed by atoms with Crippen LogP contribution >= 0.6 is 0 Å². The maximum absolute atomic E-state index is 12.7. The fourth-order valence-electron chi connectivity index (χ4n) is 3.18. The summed E-state index contributed by atoms with van der Waals surface area (Å²) in [7, 11) is 0. The fraction of sp³-hybridized carbons (Fsp3) is 0.474. The summed E-state index contributed by atoms with van der Waals surface area (Å²) < 4.78 is 7.16. The number of hydrogen-bond acceptors (Lipinski definition) is 3. The molecule has 4 rings (SSSR count). The van der Waals surface area contributed by atoms with Crippen molar-refractivity contribution in [3.8, 4) is 5.69 Å². The van der Waals surface area contributed by atoms with Gasteiger partial charge in [-0.2, -0.15) is 5.10 Å². The Balaban J connectivity index is 1.53. The van der Waals surface area contributed by atoms with Crippen molar-refractivity contribution in [3.05, 3.63) is 47.8 Å². The molecule has 5 nitrogen and oxygen atoms in total. The molecule has 2 aliphatic rings. The van der Waals surface area contributed by atoms with Crippen molar-refractivity contribution in [2.75, 3.05) is 19.8 Å². The van der Waals surface area contributed by atoms with Crippen LogP contribution in [0.25, 0.3) is 5.69 Å². The van der Waals surface area contributed by atoms with E-state index in [1.165, 1.54) is 12.8 Å². The fourth-order valence-corrected chi connectivity index (χ4v) is 3.18. The monoisotopic (exact) mass is 325 g/mol. The number of carbonyl (C=O) groups is 1. The molecule has 1 saturated heterocycles. The Morgan fingerprint density at radius 2 is 1.92 bits per heavy atom. The van der Waals surface area contributed by atoms with Gasteiger partial charge in [-0.15, -0.1) is 0 Å². The first-order chi connectivity index (χ1) is 11.8. The number of ether oxygens (including phenoxy) is 1. The standard InChI is InChI=1S/C19H23N3O2/c23-19(20-13-14-8-10-24-11-9-14)18-12-17(15-6-7-15)21-22(18)16-4-2-1-3-5-16/h1-5,12,14-15H,6-11,13H2,(H,20,23). The van der Waals surface area contributed by atoms with Crippen molar-refractivity contribution in [2.24, 2.45) is 5.92 Å². The van der Waals surface area contributed by atoms with E-state index in [-0.39, 0.29) is 5.91 Å². The van der Waals surface area contributed by atoms with Crippen LogP contribution in [0.4, 0.5) is 0 Å². The number of benzene rings is 1. The molecule has 1 N–H and O–H groups in total. The number of rotatable bonds is 5. The Bertz CT molecular complexity index is 701. The molecule has 5 heteroatoms. The predicted molar refractivity (Wildman–Crippen MR) is 91.4 cm³/mol. The first-order valence-electron chi connectivity index (χ1n) is 8.82. The number of amides is 1. The Labute approximate surface area is 142 Å². The third-order valence-corrected chi connectivity index (χ3v) is 4.85. The average molecular weight is 325 g/mol. The van der Waals surface area contributed by atoms with Gasteiger partial charge in [0.05, 0.1) is 11.4 Å². The second kappa shape index (κ2) is 6.77. The van der Waals surface area contributed by atoms with E-state index in [1.807, 2.05) is 36.4 Å². The van der Waals surface area contributed by atoms with Crippen LogP contribution in [0.15, 0.2) is 36.4 Å². The second-order valence-corrected chi connectivity index (χ2v) is 6.74. The molecular weight excluding hydrogens is 302 g/mol. The number of nitrogens with one attached hydrogen (secondary N) is 1. The topological polar surface area (TPSA) is 56.1 Å². The van der Waals surface area contributed by atoms with Gasteiger partial charge in [-0.1, -0.05) is 18.2 Å². The summed E-state index contributed by atoms with van der Waals surface area (Å²) in [6, 6.07) is 11.8. The lowest BCUT2D eigenvalue weighted by molar-refractivity contribution is 0.0641. The molecule has 0 unspecified atom stereocenters. The van der Waals surface area contributed by atoms with E-state index in [1.54, 1.807) is 4.68 Å². The zero-order valence-electron chi connectivity index (χ0n) is 13.8. The molecule has 0 atom stereocenters. The van der Waals surface area contributed by atoms with Crippen molar-refractivity contribution in [1.82, 2.24) is 15.1 Å². The molecule has 1 saturated carbocycles. The van der Waals surface area contributed by atoms with E-state index in [0.29, 0.717) is 24.1 Å². The van der Waals surface area contributed by atoms with Crippen molar-refractivity contribution in [3.63, 3.8) is 0 Å². The molecule has 1 aromatic heterocycles. The molecule has 0 radical (unpaired) electrons. The van der Waals surface area contributed by atoms with Gasteiger partial charge < -0.3 is 10.1 Å². The summed E-state index contributed by atoms with van der Waals surface area (Å²) in [6.07, 6.45) is 4.39. The molecule has 126 valence electrons. The summed E-state index contributed by atoms with van der Waals surface area (Å²) in [6.45, 7) is 2.31. The number of aromatic nitrogens is 2. The predicted octanol–water partition coefficient (Wildman–Crippen LogP) is 2.91. The Kier molecular flexibility index (Phi) is 4.34. The third-order valence-electron chi connectivity index (χ3n) is 4.85. The number of nitrogens with zero attached hydrogens (tertiary/aromatic N) is 2. The van der Waals surface area contributed by atoms with Gasteiger partial charge >= 0.3 is 0 Å². The molecule has 2 fully saturated rings. The maximum Gasteiger partial charge on any atom is 0.270 e. The van der Waals surface area contributed by atoms with E-state index >= 15 is 0 Å². The van der Waals surface area contributed by atoms with E-state index in [0.717, 1.165) is 37.4 Å². The highest BCUT2D eigenvalue weighted by Gasteiger charge is 2.29. The quantitative estimate of drug-likeness (QED) is 0.919. The van der Waals surface area contributed by atoms with Crippen LogP contribution in [0.1, 0.15) is 47.8 Å². The zero-order valence-corrected chi connectivity index (χ0v) is 13.8. The van der Waals surface area contributed by atoms with Gasteiger partial charge in [0.15, 0.2) is 0 Å². The van der Waals surface area contributed by atoms with E-state index in [4.69, 9.17) is 9.84 Å². The van der Waals surface area contributed by atoms with Crippen LogP contribution in [0, 0.1) is 5.92 Å². The Hall–Kier alpha value is -2.14. The molecule has 1 aromatic carbocycles. The molecule has 1 amide bonds. The summed E-state index contributed by atoms with van der Waals surface area (Å²) in [5, 5.41) is 7.79. The van der Waals surface area contributed by atoms with Gasteiger partial charge in [-0.3, -0.25) is 4.79 Å². The van der Waals surface area contributed by atoms with Crippen LogP contribution in [-0.2, 0) is 4.74 Å². The minimum absolute atomic E-state index is 0.0373. The minimum atomic E-state index is -0.0373. The normalized spacial score (nSPS) is 18.5. The van der Waals surface area contributed by atoms with Crippen molar-refractivity contribution < 1.29 is 9.53 Å². The Morgan fingerprint density at radius 3 is 2.62 bits per heavy atom. The highest BCUT2D eigenvalue weighted by molar-refractivity contribution is 5.93. The van der Waals surface area contributed by atoms with E-state index in [9.17, 15) is 4.79 Å². The summed E-state index contributed by atoms with van der Waals surface area (Å²) in [5.41, 5.74) is 2.60. The molecule has 0 spiro atoms. The van der Waals surface area contributed by atoms with Crippen LogP contribution in [-0.4, -0.2) is 35.4 Å². The molecule has 24 heavy (non-hydrogen) atoms. The van der Waals surface area contributed by atoms with Gasteiger partial charge in [0, 0.05) is 25.7 Å². The van der Waals surface area contributed by atoms with E-state index in [2.05, 4.69) is 5.32 Å². The maximum atomic E-state index is 12.7. The molecule has 2 heterocycles. The van der Waals surface area contributed by atoms with Crippen molar-refractivity contribution >= 4 is 5.91 Å².